The first-order chi connectivity index (χ1) is 14.0. The number of allylic oxidation sites excluding steroid dienone is 4. The first kappa shape index (κ1) is 17.4. The van der Waals surface area contributed by atoms with Gasteiger partial charge in [0.15, 0.2) is 0 Å². The van der Waals surface area contributed by atoms with Crippen LogP contribution in [0.3, 0.4) is 0 Å². The van der Waals surface area contributed by atoms with Crippen molar-refractivity contribution in [3.8, 4) is 0 Å². The molecule has 0 atom stereocenters. The van der Waals surface area contributed by atoms with Crippen molar-refractivity contribution < 1.29 is 9.90 Å². The van der Waals surface area contributed by atoms with E-state index in [-0.39, 0.29) is 11.5 Å². The number of carbonyl (C=O) groups excluding carboxylic acids is 1. The highest BCUT2D eigenvalue weighted by atomic mass is 16.3. The third kappa shape index (κ3) is 2.26. The number of hydrogen-bond acceptors (Lipinski definition) is 3. The molecule has 2 aliphatic rings. The van der Waals surface area contributed by atoms with Crippen molar-refractivity contribution in [2.75, 3.05) is 0 Å². The van der Waals surface area contributed by atoms with Gasteiger partial charge < -0.3 is 9.67 Å². The number of hydrogen-bond donors (Lipinski definition) is 1. The van der Waals surface area contributed by atoms with Gasteiger partial charge in [0.05, 0.1) is 16.8 Å². The maximum absolute atomic E-state index is 13.3. The summed E-state index contributed by atoms with van der Waals surface area (Å²) in [7, 11) is 0. The molecule has 4 heteroatoms. The van der Waals surface area contributed by atoms with E-state index in [2.05, 4.69) is 16.1 Å². The number of aliphatic hydroxyl groups excluding tert-OH is 1. The second-order valence-electron chi connectivity index (χ2n) is 7.39. The van der Waals surface area contributed by atoms with Crippen LogP contribution in [0.5, 0.6) is 0 Å². The van der Waals surface area contributed by atoms with E-state index in [9.17, 15) is 9.90 Å². The summed E-state index contributed by atoms with van der Waals surface area (Å²) >= 11 is 0. The van der Waals surface area contributed by atoms with Crippen LogP contribution in [0.15, 0.2) is 77.5 Å². The Morgan fingerprint density at radius 1 is 1.03 bits per heavy atom. The molecule has 0 saturated heterocycles. The first-order valence-electron chi connectivity index (χ1n) is 9.61. The molecular formula is C25H20N2O2. The number of aliphatic hydroxyl groups is 1. The summed E-state index contributed by atoms with van der Waals surface area (Å²) in [6.45, 7) is 8.35. The van der Waals surface area contributed by atoms with Crippen molar-refractivity contribution in [2.45, 2.75) is 20.4 Å². The van der Waals surface area contributed by atoms with Crippen molar-refractivity contribution in [3.63, 3.8) is 0 Å². The fourth-order valence-corrected chi connectivity index (χ4v) is 4.51. The predicted molar refractivity (Wildman–Crippen MR) is 118 cm³/mol. The Hall–Kier alpha value is -3.66. The molecule has 0 radical (unpaired) electrons. The van der Waals surface area contributed by atoms with E-state index < -0.39 is 0 Å². The maximum Gasteiger partial charge on any atom is 0.201 e. The van der Waals surface area contributed by atoms with Crippen LogP contribution in [-0.2, 0) is 11.3 Å². The zero-order valence-electron chi connectivity index (χ0n) is 16.4. The molecule has 1 N–H and O–H groups in total. The number of fused-ring (bicyclic) bond motifs is 2. The van der Waals surface area contributed by atoms with Gasteiger partial charge in [-0.15, -0.1) is 6.58 Å². The average Bonchev–Trinajstić information content (AvgIpc) is 3.18. The van der Waals surface area contributed by atoms with E-state index in [1.54, 1.807) is 0 Å². The van der Waals surface area contributed by atoms with E-state index in [0.717, 1.165) is 44.7 Å². The number of nitrogens with zero attached hydrogens (tertiary/aromatic N) is 2. The van der Waals surface area contributed by atoms with Crippen molar-refractivity contribution in [2.24, 2.45) is 4.99 Å². The van der Waals surface area contributed by atoms with Crippen LogP contribution in [0.4, 0.5) is 5.69 Å². The monoisotopic (exact) mass is 380 g/mol. The van der Waals surface area contributed by atoms with E-state index in [1.165, 1.54) is 0 Å². The molecule has 0 saturated carbocycles. The highest BCUT2D eigenvalue weighted by Crippen LogP contribution is 2.47. The van der Waals surface area contributed by atoms with Crippen molar-refractivity contribution in [1.29, 1.82) is 0 Å². The van der Waals surface area contributed by atoms with Gasteiger partial charge in [0.25, 0.3) is 0 Å². The van der Waals surface area contributed by atoms with Gasteiger partial charge in [-0.3, -0.25) is 9.79 Å². The first-order valence-corrected chi connectivity index (χ1v) is 9.61. The van der Waals surface area contributed by atoms with Gasteiger partial charge >= 0.3 is 0 Å². The van der Waals surface area contributed by atoms with E-state index in [1.807, 2.05) is 68.5 Å². The molecule has 142 valence electrons. The van der Waals surface area contributed by atoms with Gasteiger partial charge in [0.1, 0.15) is 5.76 Å². The molecule has 1 aliphatic heterocycles. The second-order valence-corrected chi connectivity index (χ2v) is 7.39. The lowest BCUT2D eigenvalue weighted by Gasteiger charge is -2.24. The molecule has 0 spiro atoms. The van der Waals surface area contributed by atoms with Crippen LogP contribution in [0.1, 0.15) is 23.7 Å². The molecule has 2 heterocycles. The summed E-state index contributed by atoms with van der Waals surface area (Å²) in [5.74, 6) is -0.0748. The molecule has 4 nitrogen and oxygen atoms in total. The van der Waals surface area contributed by atoms with Gasteiger partial charge in [-0.25, -0.2) is 0 Å². The van der Waals surface area contributed by atoms with Crippen molar-refractivity contribution >= 4 is 39.2 Å². The minimum atomic E-state index is -0.131. The molecular weight excluding hydrogens is 360 g/mol. The van der Waals surface area contributed by atoms with Crippen molar-refractivity contribution in [1.82, 2.24) is 4.57 Å². The molecule has 0 bridgehead atoms. The highest BCUT2D eigenvalue weighted by molar-refractivity contribution is 6.47. The Morgan fingerprint density at radius 3 is 2.52 bits per heavy atom. The minimum Gasteiger partial charge on any atom is -0.506 e. The van der Waals surface area contributed by atoms with Crippen LogP contribution in [0.25, 0.3) is 22.0 Å². The molecule has 1 aromatic heterocycles. The van der Waals surface area contributed by atoms with E-state index in [0.29, 0.717) is 17.7 Å². The van der Waals surface area contributed by atoms with Crippen LogP contribution in [-0.4, -0.2) is 21.2 Å². The van der Waals surface area contributed by atoms with E-state index in [4.69, 9.17) is 0 Å². The van der Waals surface area contributed by atoms with Crippen LogP contribution in [0, 0.1) is 6.92 Å². The number of benzene rings is 2. The Labute approximate surface area is 168 Å². The summed E-state index contributed by atoms with van der Waals surface area (Å²) in [5, 5.41) is 12.0. The van der Waals surface area contributed by atoms with Crippen LogP contribution >= 0.6 is 0 Å². The second kappa shape index (κ2) is 6.17. The van der Waals surface area contributed by atoms with Crippen LogP contribution in [0.2, 0.25) is 0 Å². The lowest BCUT2D eigenvalue weighted by Crippen LogP contribution is -2.24. The molecule has 2 aromatic carbocycles. The fourth-order valence-electron chi connectivity index (χ4n) is 4.51. The van der Waals surface area contributed by atoms with Gasteiger partial charge in [-0.2, -0.15) is 0 Å². The summed E-state index contributed by atoms with van der Waals surface area (Å²) in [4.78, 5) is 17.9. The average molecular weight is 380 g/mol. The third-order valence-electron chi connectivity index (χ3n) is 5.79. The molecule has 0 unspecified atom stereocenters. The molecule has 3 aromatic rings. The topological polar surface area (TPSA) is 54.6 Å². The van der Waals surface area contributed by atoms with Gasteiger partial charge in [0, 0.05) is 45.6 Å². The summed E-state index contributed by atoms with van der Waals surface area (Å²) in [5.41, 5.74) is 6.75. The SMILES string of the molecule is C=CCn1c(C)c(C2=C(O)/C(=C3/C(C)=Nc4ccccc43)C2=O)c2ccccc21. The number of para-hydroxylation sites is 2. The number of rotatable bonds is 3. The molecule has 0 fully saturated rings. The Morgan fingerprint density at radius 2 is 1.76 bits per heavy atom. The van der Waals surface area contributed by atoms with Crippen molar-refractivity contribution in [3.05, 3.63) is 89.3 Å². The highest BCUT2D eigenvalue weighted by Gasteiger charge is 2.41. The lowest BCUT2D eigenvalue weighted by molar-refractivity contribution is -0.111. The number of aromatic nitrogens is 1. The third-order valence-corrected chi connectivity index (χ3v) is 5.79. The molecule has 0 amide bonds. The lowest BCUT2D eigenvalue weighted by atomic mass is 9.78. The fraction of sp³-hybridized carbons (Fsp3) is 0.120. The quantitative estimate of drug-likeness (QED) is 0.479. The largest absolute Gasteiger partial charge is 0.506 e. The number of carbonyl (C=O) groups is 1. The summed E-state index contributed by atoms with van der Waals surface area (Å²) < 4.78 is 2.12. The maximum atomic E-state index is 13.3. The Bertz CT molecular complexity index is 1330. The zero-order chi connectivity index (χ0) is 20.3. The Kier molecular flexibility index (Phi) is 3.71. The smallest absolute Gasteiger partial charge is 0.201 e. The van der Waals surface area contributed by atoms with Crippen LogP contribution < -0.4 is 0 Å². The zero-order valence-corrected chi connectivity index (χ0v) is 16.4. The van der Waals surface area contributed by atoms with Gasteiger partial charge in [-0.05, 0) is 26.0 Å². The standard InChI is InChI=1S/C25H20N2O2/c1-4-13-27-15(3)21(17-10-6-8-12-19(17)27)23-24(28)22(25(23)29)20-14(2)26-18-11-7-5-9-16(18)20/h4-12,28H,1,13H2,2-3H3/b22-20+. The normalized spacial score (nSPS) is 18.1. The number of Topliss-reactive ketones (excluding diaryl/α,β-unsaturated/α-hetero) is 1. The minimum absolute atomic E-state index is 0.0564. The number of aliphatic imine (C=N–C) groups is 1. The molecule has 1 aliphatic carbocycles. The Balaban J connectivity index is 1.76. The van der Waals surface area contributed by atoms with Gasteiger partial charge in [-0.1, -0.05) is 42.5 Å². The number of ketones is 1. The predicted octanol–water partition coefficient (Wildman–Crippen LogP) is 5.55. The summed E-state index contributed by atoms with van der Waals surface area (Å²) in [6, 6.07) is 15.7. The summed E-state index contributed by atoms with van der Waals surface area (Å²) in [6.07, 6.45) is 1.84. The molecule has 29 heavy (non-hydrogen) atoms. The van der Waals surface area contributed by atoms with Gasteiger partial charge in [0.2, 0.25) is 5.78 Å². The van der Waals surface area contributed by atoms with E-state index >= 15 is 0 Å². The molecule has 5 rings (SSSR count).